The Morgan fingerprint density at radius 3 is 2.36 bits per heavy atom. The number of carbonyl (C=O) groups is 1. The van der Waals surface area contributed by atoms with Crippen molar-refractivity contribution in [1.29, 1.82) is 0 Å². The Bertz CT molecular complexity index is 713. The second-order valence-electron chi connectivity index (χ2n) is 4.94. The van der Waals surface area contributed by atoms with Gasteiger partial charge in [0.1, 0.15) is 6.10 Å². The van der Waals surface area contributed by atoms with E-state index in [4.69, 9.17) is 9.47 Å². The highest BCUT2D eigenvalue weighted by atomic mass is 16.7. The van der Waals surface area contributed by atoms with Crippen LogP contribution in [0.3, 0.4) is 0 Å². The summed E-state index contributed by atoms with van der Waals surface area (Å²) in [6, 6.07) is 15.0. The molecule has 6 nitrogen and oxygen atoms in total. The normalized spacial score (nSPS) is 22.9. The number of benzene rings is 2. The van der Waals surface area contributed by atoms with Gasteiger partial charge >= 0.3 is 5.97 Å². The summed E-state index contributed by atoms with van der Waals surface area (Å²) in [4.78, 5) is 22.4. The maximum atomic E-state index is 12.2. The van der Waals surface area contributed by atoms with Gasteiger partial charge in [0.05, 0.1) is 12.0 Å². The van der Waals surface area contributed by atoms with E-state index in [1.165, 1.54) is 19.2 Å². The van der Waals surface area contributed by atoms with E-state index in [1.54, 1.807) is 24.3 Å². The highest BCUT2D eigenvalue weighted by Crippen LogP contribution is 2.57. The van der Waals surface area contributed by atoms with Gasteiger partial charge in [0.15, 0.2) is 0 Å². The molecule has 0 saturated carbocycles. The monoisotopic (exact) mass is 299 g/mol. The highest BCUT2D eigenvalue weighted by Gasteiger charge is 2.65. The SMILES string of the molecule is COC(=O)[C@]1(c2ccccc2)O[C@@H]1c1ccc([N+](=O)[O-])cc1. The molecular formula is C16H13NO5. The van der Waals surface area contributed by atoms with E-state index in [2.05, 4.69) is 0 Å². The van der Waals surface area contributed by atoms with Gasteiger partial charge in [-0.2, -0.15) is 0 Å². The van der Waals surface area contributed by atoms with Crippen molar-refractivity contribution < 1.29 is 19.2 Å². The topological polar surface area (TPSA) is 82.0 Å². The maximum absolute atomic E-state index is 12.2. The van der Waals surface area contributed by atoms with Crippen LogP contribution in [0.15, 0.2) is 54.6 Å². The second kappa shape index (κ2) is 5.23. The zero-order valence-electron chi connectivity index (χ0n) is 11.8. The Morgan fingerprint density at radius 2 is 1.82 bits per heavy atom. The summed E-state index contributed by atoms with van der Waals surface area (Å²) < 4.78 is 10.6. The molecule has 1 aliphatic heterocycles. The highest BCUT2D eigenvalue weighted by molar-refractivity contribution is 5.85. The number of hydrogen-bond donors (Lipinski definition) is 0. The number of nitro groups is 1. The van der Waals surface area contributed by atoms with Gasteiger partial charge < -0.3 is 9.47 Å². The Morgan fingerprint density at radius 1 is 1.18 bits per heavy atom. The summed E-state index contributed by atoms with van der Waals surface area (Å²) in [5, 5.41) is 10.7. The van der Waals surface area contributed by atoms with Crippen LogP contribution in [0, 0.1) is 10.1 Å². The molecule has 0 unspecified atom stereocenters. The van der Waals surface area contributed by atoms with Gasteiger partial charge in [-0.1, -0.05) is 30.3 Å². The summed E-state index contributed by atoms with van der Waals surface area (Å²) >= 11 is 0. The van der Waals surface area contributed by atoms with Crippen molar-refractivity contribution in [2.75, 3.05) is 7.11 Å². The molecule has 0 aliphatic carbocycles. The molecule has 112 valence electrons. The molecule has 0 amide bonds. The van der Waals surface area contributed by atoms with Crippen molar-refractivity contribution in [3.8, 4) is 0 Å². The molecule has 2 atom stereocenters. The zero-order valence-corrected chi connectivity index (χ0v) is 11.8. The fourth-order valence-electron chi connectivity index (χ4n) is 2.56. The average molecular weight is 299 g/mol. The number of ether oxygens (including phenoxy) is 2. The minimum Gasteiger partial charge on any atom is -0.467 e. The number of esters is 1. The zero-order chi connectivity index (χ0) is 15.7. The molecule has 6 heteroatoms. The molecule has 1 aliphatic rings. The molecule has 22 heavy (non-hydrogen) atoms. The van der Waals surface area contributed by atoms with Crippen LogP contribution in [0.5, 0.6) is 0 Å². The lowest BCUT2D eigenvalue weighted by atomic mass is 9.92. The number of methoxy groups -OCH3 is 1. The molecule has 3 rings (SSSR count). The largest absolute Gasteiger partial charge is 0.467 e. The third-order valence-corrected chi connectivity index (χ3v) is 3.71. The first-order valence-corrected chi connectivity index (χ1v) is 6.65. The predicted octanol–water partition coefficient (Wildman–Crippen LogP) is 2.73. The van der Waals surface area contributed by atoms with Crippen LogP contribution in [-0.2, 0) is 19.9 Å². The standard InChI is InChI=1S/C16H13NO5/c1-21-15(18)16(12-5-3-2-4-6-12)14(22-16)11-7-9-13(10-8-11)17(19)20/h2-10,14H,1H3/t14-,16-/m1/s1. The van der Waals surface area contributed by atoms with Crippen LogP contribution in [0.25, 0.3) is 0 Å². The third-order valence-electron chi connectivity index (χ3n) is 3.71. The molecule has 1 heterocycles. The van der Waals surface area contributed by atoms with Crippen LogP contribution >= 0.6 is 0 Å². The van der Waals surface area contributed by atoms with Gasteiger partial charge in [-0.3, -0.25) is 10.1 Å². The van der Waals surface area contributed by atoms with Gasteiger partial charge in [0, 0.05) is 12.1 Å². The second-order valence-corrected chi connectivity index (χ2v) is 4.94. The summed E-state index contributed by atoms with van der Waals surface area (Å²) in [6.45, 7) is 0. The maximum Gasteiger partial charge on any atom is 0.346 e. The average Bonchev–Trinajstić information content (AvgIpc) is 3.32. The van der Waals surface area contributed by atoms with E-state index in [0.29, 0.717) is 11.1 Å². The summed E-state index contributed by atoms with van der Waals surface area (Å²) in [6.07, 6.45) is -0.511. The summed E-state index contributed by atoms with van der Waals surface area (Å²) in [7, 11) is 1.31. The number of carbonyl (C=O) groups excluding carboxylic acids is 1. The van der Waals surface area contributed by atoms with Crippen molar-refractivity contribution in [2.24, 2.45) is 0 Å². The Kier molecular flexibility index (Phi) is 3.38. The molecule has 0 N–H and O–H groups in total. The van der Waals surface area contributed by atoms with Gasteiger partial charge in [0.25, 0.3) is 5.69 Å². The van der Waals surface area contributed by atoms with Crippen LogP contribution in [0.2, 0.25) is 0 Å². The molecule has 0 aromatic heterocycles. The number of hydrogen-bond acceptors (Lipinski definition) is 5. The smallest absolute Gasteiger partial charge is 0.346 e. The molecule has 2 aromatic rings. The Balaban J connectivity index is 1.96. The number of rotatable bonds is 4. The number of nitrogens with zero attached hydrogens (tertiary/aromatic N) is 1. The predicted molar refractivity (Wildman–Crippen MR) is 77.1 cm³/mol. The fraction of sp³-hybridized carbons (Fsp3) is 0.188. The minimum absolute atomic E-state index is 0.00669. The lowest BCUT2D eigenvalue weighted by Gasteiger charge is -2.11. The first-order valence-electron chi connectivity index (χ1n) is 6.65. The fourth-order valence-corrected chi connectivity index (χ4v) is 2.56. The first kappa shape index (κ1) is 14.2. The van der Waals surface area contributed by atoms with E-state index in [9.17, 15) is 14.9 Å². The van der Waals surface area contributed by atoms with Gasteiger partial charge in [-0.05, 0) is 23.3 Å². The van der Waals surface area contributed by atoms with E-state index in [1.807, 2.05) is 18.2 Å². The van der Waals surface area contributed by atoms with Gasteiger partial charge in [-0.15, -0.1) is 0 Å². The molecule has 0 bridgehead atoms. The summed E-state index contributed by atoms with van der Waals surface area (Å²) in [5.74, 6) is -0.484. The van der Waals surface area contributed by atoms with Crippen molar-refractivity contribution in [3.63, 3.8) is 0 Å². The first-order chi connectivity index (χ1) is 10.6. The van der Waals surface area contributed by atoms with Crippen molar-refractivity contribution >= 4 is 11.7 Å². The number of epoxide rings is 1. The lowest BCUT2D eigenvalue weighted by molar-refractivity contribution is -0.384. The van der Waals surface area contributed by atoms with Crippen LogP contribution in [-0.4, -0.2) is 18.0 Å². The van der Waals surface area contributed by atoms with Crippen molar-refractivity contribution in [1.82, 2.24) is 0 Å². The van der Waals surface area contributed by atoms with Gasteiger partial charge in [0.2, 0.25) is 5.60 Å². The van der Waals surface area contributed by atoms with E-state index in [-0.39, 0.29) is 5.69 Å². The molecule has 0 radical (unpaired) electrons. The Hall–Kier alpha value is -2.73. The lowest BCUT2D eigenvalue weighted by Crippen LogP contribution is -2.24. The van der Waals surface area contributed by atoms with E-state index < -0.39 is 22.6 Å². The third kappa shape index (κ3) is 2.14. The van der Waals surface area contributed by atoms with Crippen LogP contribution in [0.1, 0.15) is 17.2 Å². The molecular weight excluding hydrogens is 286 g/mol. The van der Waals surface area contributed by atoms with Crippen molar-refractivity contribution in [3.05, 3.63) is 75.8 Å². The molecule has 2 aromatic carbocycles. The molecule has 1 fully saturated rings. The van der Waals surface area contributed by atoms with Crippen LogP contribution in [0.4, 0.5) is 5.69 Å². The summed E-state index contributed by atoms with van der Waals surface area (Å²) in [5.41, 5.74) is 0.212. The van der Waals surface area contributed by atoms with E-state index in [0.717, 1.165) is 0 Å². The van der Waals surface area contributed by atoms with Gasteiger partial charge in [-0.25, -0.2) is 4.79 Å². The number of nitro benzene ring substituents is 1. The molecule has 1 saturated heterocycles. The van der Waals surface area contributed by atoms with Crippen molar-refractivity contribution in [2.45, 2.75) is 11.7 Å². The minimum atomic E-state index is -1.17. The van der Waals surface area contributed by atoms with Crippen LogP contribution < -0.4 is 0 Å². The quantitative estimate of drug-likeness (QED) is 0.375. The Labute approximate surface area is 126 Å². The van der Waals surface area contributed by atoms with E-state index >= 15 is 0 Å². The number of non-ortho nitro benzene ring substituents is 1. The molecule has 0 spiro atoms.